The van der Waals surface area contributed by atoms with Gasteiger partial charge in [-0.05, 0) is 49.3 Å². The van der Waals surface area contributed by atoms with Gasteiger partial charge in [0, 0.05) is 6.04 Å². The molecule has 0 aromatic heterocycles. The molecule has 110 valence electrons. The number of hydrogen-bond acceptors (Lipinski definition) is 3. The van der Waals surface area contributed by atoms with Gasteiger partial charge < -0.3 is 4.74 Å². The third kappa shape index (κ3) is 3.53. The van der Waals surface area contributed by atoms with Crippen LogP contribution in [0.3, 0.4) is 0 Å². The zero-order chi connectivity index (χ0) is 13.8. The number of ether oxygens (including phenoxy) is 1. The van der Waals surface area contributed by atoms with Crippen molar-refractivity contribution in [3.05, 3.63) is 29.8 Å². The Morgan fingerprint density at radius 3 is 2.15 bits per heavy atom. The second kappa shape index (κ2) is 6.59. The molecule has 0 bridgehead atoms. The largest absolute Gasteiger partial charge is 0.490 e. The number of hydrazine groups is 1. The summed E-state index contributed by atoms with van der Waals surface area (Å²) in [6.07, 6.45) is 10.9. The first-order chi connectivity index (χ1) is 9.86. The molecule has 2 saturated carbocycles. The van der Waals surface area contributed by atoms with Gasteiger partial charge in [0.15, 0.2) is 0 Å². The van der Waals surface area contributed by atoms with Crippen molar-refractivity contribution in [2.75, 3.05) is 0 Å². The van der Waals surface area contributed by atoms with Crippen LogP contribution in [0, 0.1) is 5.92 Å². The zero-order valence-electron chi connectivity index (χ0n) is 12.2. The number of benzene rings is 1. The highest BCUT2D eigenvalue weighted by Crippen LogP contribution is 2.34. The van der Waals surface area contributed by atoms with Crippen LogP contribution in [0.5, 0.6) is 5.75 Å². The van der Waals surface area contributed by atoms with Gasteiger partial charge in [-0.25, -0.2) is 0 Å². The van der Waals surface area contributed by atoms with Crippen LogP contribution < -0.4 is 16.0 Å². The van der Waals surface area contributed by atoms with Crippen molar-refractivity contribution in [3.8, 4) is 5.75 Å². The molecule has 1 aromatic rings. The summed E-state index contributed by atoms with van der Waals surface area (Å²) < 4.78 is 5.81. The quantitative estimate of drug-likeness (QED) is 0.489. The van der Waals surface area contributed by atoms with Crippen molar-refractivity contribution in [3.63, 3.8) is 0 Å². The Balaban J connectivity index is 1.67. The van der Waals surface area contributed by atoms with Gasteiger partial charge >= 0.3 is 0 Å². The van der Waals surface area contributed by atoms with Crippen molar-refractivity contribution in [2.24, 2.45) is 11.8 Å². The second-order valence-electron chi connectivity index (χ2n) is 6.28. The molecule has 2 aliphatic carbocycles. The van der Waals surface area contributed by atoms with E-state index in [1.54, 1.807) is 0 Å². The average Bonchev–Trinajstić information content (AvgIpc) is 3.29. The highest BCUT2D eigenvalue weighted by atomic mass is 16.5. The molecule has 3 rings (SSSR count). The fourth-order valence-corrected chi connectivity index (χ4v) is 3.28. The lowest BCUT2D eigenvalue weighted by molar-refractivity contribution is 0.302. The van der Waals surface area contributed by atoms with E-state index in [-0.39, 0.29) is 6.04 Å². The van der Waals surface area contributed by atoms with Crippen LogP contribution in [0.25, 0.3) is 0 Å². The molecule has 0 heterocycles. The topological polar surface area (TPSA) is 47.3 Å². The number of nitrogens with one attached hydrogen (secondary N) is 1. The van der Waals surface area contributed by atoms with E-state index in [9.17, 15) is 0 Å². The van der Waals surface area contributed by atoms with E-state index in [2.05, 4.69) is 29.7 Å². The minimum absolute atomic E-state index is 0.281. The van der Waals surface area contributed by atoms with Crippen molar-refractivity contribution < 1.29 is 4.74 Å². The van der Waals surface area contributed by atoms with Gasteiger partial charge in [0.2, 0.25) is 0 Å². The molecular weight excluding hydrogens is 248 g/mol. The van der Waals surface area contributed by atoms with E-state index in [4.69, 9.17) is 10.6 Å². The maximum atomic E-state index is 5.83. The van der Waals surface area contributed by atoms with Gasteiger partial charge in [-0.1, -0.05) is 37.8 Å². The number of hydrogen-bond donors (Lipinski definition) is 2. The molecule has 0 spiro atoms. The predicted molar refractivity (Wildman–Crippen MR) is 81.3 cm³/mol. The Hall–Kier alpha value is -1.06. The van der Waals surface area contributed by atoms with Gasteiger partial charge in [-0.2, -0.15) is 0 Å². The van der Waals surface area contributed by atoms with Gasteiger partial charge in [0.25, 0.3) is 0 Å². The Bertz CT molecular complexity index is 406. The minimum atomic E-state index is 0.281. The fourth-order valence-electron chi connectivity index (χ4n) is 3.28. The first-order valence-electron chi connectivity index (χ1n) is 8.09. The van der Waals surface area contributed by atoms with Crippen molar-refractivity contribution in [1.82, 2.24) is 5.43 Å². The lowest BCUT2D eigenvalue weighted by Gasteiger charge is -2.26. The third-order valence-corrected chi connectivity index (χ3v) is 4.62. The monoisotopic (exact) mass is 274 g/mol. The zero-order valence-corrected chi connectivity index (χ0v) is 12.2. The molecule has 3 N–H and O–H groups in total. The summed E-state index contributed by atoms with van der Waals surface area (Å²) in [6.45, 7) is 0. The summed E-state index contributed by atoms with van der Waals surface area (Å²) in [5.41, 5.74) is 4.34. The van der Waals surface area contributed by atoms with Crippen LogP contribution in [-0.4, -0.2) is 6.10 Å². The number of nitrogens with two attached hydrogens (primary N) is 1. The highest BCUT2D eigenvalue weighted by molar-refractivity contribution is 5.30. The van der Waals surface area contributed by atoms with Gasteiger partial charge in [-0.3, -0.25) is 11.3 Å². The molecule has 0 radical (unpaired) electrons. The summed E-state index contributed by atoms with van der Waals surface area (Å²) in [7, 11) is 0. The first-order valence-corrected chi connectivity index (χ1v) is 8.09. The van der Waals surface area contributed by atoms with E-state index in [1.165, 1.54) is 56.9 Å². The second-order valence-corrected chi connectivity index (χ2v) is 6.28. The molecule has 2 aliphatic rings. The van der Waals surface area contributed by atoms with Crippen molar-refractivity contribution in [2.45, 2.75) is 63.5 Å². The lowest BCUT2D eigenvalue weighted by Crippen LogP contribution is -2.33. The minimum Gasteiger partial charge on any atom is -0.490 e. The van der Waals surface area contributed by atoms with E-state index in [0.717, 1.165) is 5.75 Å². The molecule has 3 heteroatoms. The van der Waals surface area contributed by atoms with Crippen LogP contribution in [0.2, 0.25) is 0 Å². The summed E-state index contributed by atoms with van der Waals surface area (Å²) in [5, 5.41) is 0. The maximum Gasteiger partial charge on any atom is 0.119 e. The van der Waals surface area contributed by atoms with E-state index in [0.29, 0.717) is 12.0 Å². The summed E-state index contributed by atoms with van der Waals surface area (Å²) in [6, 6.07) is 8.81. The third-order valence-electron chi connectivity index (χ3n) is 4.62. The normalized spacial score (nSPS) is 22.2. The molecule has 0 amide bonds. The molecule has 2 fully saturated rings. The number of rotatable bonds is 5. The smallest absolute Gasteiger partial charge is 0.119 e. The highest BCUT2D eigenvalue weighted by Gasteiger charge is 2.25. The summed E-state index contributed by atoms with van der Waals surface area (Å²) in [4.78, 5) is 0. The Labute approximate surface area is 121 Å². The first kappa shape index (κ1) is 13.9. The molecule has 1 aromatic carbocycles. The molecule has 1 atom stereocenters. The van der Waals surface area contributed by atoms with E-state index < -0.39 is 0 Å². The lowest BCUT2D eigenvalue weighted by atomic mass is 9.87. The van der Waals surface area contributed by atoms with Gasteiger partial charge in [-0.15, -0.1) is 0 Å². The molecule has 1 unspecified atom stereocenters. The molecule has 0 aliphatic heterocycles. The van der Waals surface area contributed by atoms with Crippen LogP contribution in [-0.2, 0) is 0 Å². The van der Waals surface area contributed by atoms with Crippen molar-refractivity contribution in [1.29, 1.82) is 0 Å². The van der Waals surface area contributed by atoms with Crippen LogP contribution in [0.15, 0.2) is 24.3 Å². The van der Waals surface area contributed by atoms with Gasteiger partial charge in [0.1, 0.15) is 5.75 Å². The van der Waals surface area contributed by atoms with Crippen LogP contribution in [0.4, 0.5) is 0 Å². The molecule has 20 heavy (non-hydrogen) atoms. The molecule has 3 nitrogen and oxygen atoms in total. The summed E-state index contributed by atoms with van der Waals surface area (Å²) in [5.74, 6) is 7.49. The Morgan fingerprint density at radius 2 is 1.60 bits per heavy atom. The fraction of sp³-hybridized carbons (Fsp3) is 0.647. The Morgan fingerprint density at radius 1 is 0.950 bits per heavy atom. The van der Waals surface area contributed by atoms with E-state index in [1.807, 2.05) is 0 Å². The van der Waals surface area contributed by atoms with Crippen LogP contribution in [0.1, 0.15) is 63.0 Å². The van der Waals surface area contributed by atoms with E-state index >= 15 is 0 Å². The van der Waals surface area contributed by atoms with Crippen LogP contribution >= 0.6 is 0 Å². The molecule has 0 saturated heterocycles. The van der Waals surface area contributed by atoms with Gasteiger partial charge in [0.05, 0.1) is 6.10 Å². The standard InChI is InChI=1S/C17H26N2O/c18-19-17(13-5-3-1-2-4-6-13)14-7-9-15(10-8-14)20-16-11-12-16/h7-10,13,16-17,19H,1-6,11-12,18H2. The maximum absolute atomic E-state index is 5.83. The summed E-state index contributed by atoms with van der Waals surface area (Å²) >= 11 is 0. The van der Waals surface area contributed by atoms with Crippen molar-refractivity contribution >= 4 is 0 Å². The Kier molecular flexibility index (Phi) is 4.58. The average molecular weight is 274 g/mol. The SMILES string of the molecule is NNC(c1ccc(OC2CC2)cc1)C1CCCCCC1. The predicted octanol–water partition coefficient (Wildman–Crippen LogP) is 3.70. The molecular formula is C17H26N2O.